The Labute approximate surface area is 194 Å². The molecule has 0 bridgehead atoms. The molecular weight excluding hydrogens is 446 g/mol. The SMILES string of the molecule is CC1(COC(=O)N2CCC(COc3cnc(-c4ccc(S(C)(=O)=O)cc4)cn3)CC2)CCO1. The highest BCUT2D eigenvalue weighted by molar-refractivity contribution is 7.90. The Morgan fingerprint density at radius 1 is 1.18 bits per heavy atom. The second kappa shape index (κ2) is 9.64. The first kappa shape index (κ1) is 23.4. The molecule has 0 N–H and O–H groups in total. The molecule has 178 valence electrons. The van der Waals surface area contributed by atoms with Crippen LogP contribution in [0.1, 0.15) is 26.2 Å². The summed E-state index contributed by atoms with van der Waals surface area (Å²) in [5, 5.41) is 0. The minimum Gasteiger partial charge on any atom is -0.476 e. The molecule has 1 unspecified atom stereocenters. The number of carbonyl (C=O) groups is 1. The predicted octanol–water partition coefficient (Wildman–Crippen LogP) is 2.95. The molecule has 1 aromatic heterocycles. The van der Waals surface area contributed by atoms with Gasteiger partial charge < -0.3 is 19.1 Å². The molecule has 0 aliphatic carbocycles. The van der Waals surface area contributed by atoms with Gasteiger partial charge >= 0.3 is 6.09 Å². The first-order valence-electron chi connectivity index (χ1n) is 11.0. The number of sulfone groups is 1. The van der Waals surface area contributed by atoms with Gasteiger partial charge in [0.15, 0.2) is 9.84 Å². The van der Waals surface area contributed by atoms with E-state index in [-0.39, 0.29) is 16.6 Å². The highest BCUT2D eigenvalue weighted by atomic mass is 32.2. The molecule has 10 heteroatoms. The van der Waals surface area contributed by atoms with Crippen LogP contribution in [0.5, 0.6) is 5.88 Å². The number of carbonyl (C=O) groups excluding carboxylic acids is 1. The molecular formula is C23H29N3O6S. The van der Waals surface area contributed by atoms with Gasteiger partial charge in [0.05, 0.1) is 36.2 Å². The summed E-state index contributed by atoms with van der Waals surface area (Å²) in [6, 6.07) is 6.53. The van der Waals surface area contributed by atoms with E-state index in [4.69, 9.17) is 14.2 Å². The molecule has 2 aliphatic heterocycles. The van der Waals surface area contributed by atoms with E-state index in [0.717, 1.165) is 31.4 Å². The van der Waals surface area contributed by atoms with Crippen molar-refractivity contribution in [1.29, 1.82) is 0 Å². The molecule has 2 aromatic rings. The zero-order valence-electron chi connectivity index (χ0n) is 18.9. The number of hydrogen-bond acceptors (Lipinski definition) is 8. The second-order valence-corrected chi connectivity index (χ2v) is 10.9. The summed E-state index contributed by atoms with van der Waals surface area (Å²) in [6.45, 7) is 4.76. The topological polar surface area (TPSA) is 108 Å². The molecule has 2 fully saturated rings. The minimum atomic E-state index is -3.23. The minimum absolute atomic E-state index is 0.264. The van der Waals surface area contributed by atoms with Crippen molar-refractivity contribution in [3.05, 3.63) is 36.7 Å². The predicted molar refractivity (Wildman–Crippen MR) is 121 cm³/mol. The highest BCUT2D eigenvalue weighted by Gasteiger charge is 2.35. The summed E-state index contributed by atoms with van der Waals surface area (Å²) < 4.78 is 39.8. The van der Waals surface area contributed by atoms with Gasteiger partial charge in [0.2, 0.25) is 5.88 Å². The normalized spacial score (nSPS) is 21.3. The maximum Gasteiger partial charge on any atom is 0.409 e. The largest absolute Gasteiger partial charge is 0.476 e. The van der Waals surface area contributed by atoms with Crippen molar-refractivity contribution in [3.63, 3.8) is 0 Å². The maximum absolute atomic E-state index is 12.3. The van der Waals surface area contributed by atoms with Crippen molar-refractivity contribution in [2.75, 3.05) is 39.2 Å². The average Bonchev–Trinajstić information content (AvgIpc) is 2.80. The molecule has 9 nitrogen and oxygen atoms in total. The van der Waals surface area contributed by atoms with E-state index in [1.54, 1.807) is 41.6 Å². The van der Waals surface area contributed by atoms with Crippen LogP contribution in [0.15, 0.2) is 41.6 Å². The molecule has 3 heterocycles. The van der Waals surface area contributed by atoms with E-state index in [1.165, 1.54) is 6.26 Å². The third kappa shape index (κ3) is 6.00. The molecule has 0 spiro atoms. The number of ether oxygens (including phenoxy) is 3. The Morgan fingerprint density at radius 2 is 1.88 bits per heavy atom. The average molecular weight is 476 g/mol. The monoisotopic (exact) mass is 475 g/mol. The van der Waals surface area contributed by atoms with Gasteiger partial charge in [-0.05, 0) is 37.8 Å². The van der Waals surface area contributed by atoms with E-state index in [9.17, 15) is 13.2 Å². The third-order valence-corrected chi connectivity index (χ3v) is 7.26. The van der Waals surface area contributed by atoms with Crippen LogP contribution in [0.3, 0.4) is 0 Å². The van der Waals surface area contributed by atoms with Crippen molar-refractivity contribution in [3.8, 4) is 17.1 Å². The summed E-state index contributed by atoms with van der Waals surface area (Å²) >= 11 is 0. The Kier molecular flexibility index (Phi) is 6.85. The lowest BCUT2D eigenvalue weighted by molar-refractivity contribution is -0.159. The summed E-state index contributed by atoms with van der Waals surface area (Å²) in [5.41, 5.74) is 1.09. The van der Waals surface area contributed by atoms with Gasteiger partial charge in [-0.15, -0.1) is 0 Å². The van der Waals surface area contributed by atoms with Crippen LogP contribution in [-0.4, -0.2) is 74.1 Å². The first-order valence-corrected chi connectivity index (χ1v) is 12.9. The van der Waals surface area contributed by atoms with E-state index in [1.807, 2.05) is 6.92 Å². The number of nitrogens with zero attached hydrogens (tertiary/aromatic N) is 3. The van der Waals surface area contributed by atoms with Gasteiger partial charge in [0, 0.05) is 31.3 Å². The zero-order valence-corrected chi connectivity index (χ0v) is 19.7. The van der Waals surface area contributed by atoms with Crippen LogP contribution >= 0.6 is 0 Å². The molecule has 1 amide bonds. The molecule has 0 saturated carbocycles. The highest BCUT2D eigenvalue weighted by Crippen LogP contribution is 2.26. The van der Waals surface area contributed by atoms with Crippen LogP contribution in [0, 0.1) is 5.92 Å². The van der Waals surface area contributed by atoms with Gasteiger partial charge in [0.25, 0.3) is 0 Å². The fourth-order valence-electron chi connectivity index (χ4n) is 3.77. The van der Waals surface area contributed by atoms with Crippen molar-refractivity contribution in [2.24, 2.45) is 5.92 Å². The Morgan fingerprint density at radius 3 is 2.42 bits per heavy atom. The lowest BCUT2D eigenvalue weighted by Gasteiger charge is -2.38. The lowest BCUT2D eigenvalue weighted by Crippen LogP contribution is -2.47. The van der Waals surface area contributed by atoms with E-state index in [0.29, 0.717) is 43.8 Å². The van der Waals surface area contributed by atoms with Crippen LogP contribution < -0.4 is 4.74 Å². The first-order chi connectivity index (χ1) is 15.7. The van der Waals surface area contributed by atoms with Gasteiger partial charge in [-0.1, -0.05) is 12.1 Å². The van der Waals surface area contributed by atoms with Crippen LogP contribution in [0.25, 0.3) is 11.3 Å². The Balaban J connectivity index is 1.21. The molecule has 1 atom stereocenters. The third-order valence-electron chi connectivity index (χ3n) is 6.13. The fraction of sp³-hybridized carbons (Fsp3) is 0.522. The number of hydrogen-bond donors (Lipinski definition) is 0. The second-order valence-electron chi connectivity index (χ2n) is 8.88. The molecule has 2 aliphatic rings. The molecule has 2 saturated heterocycles. The van der Waals surface area contributed by atoms with Crippen molar-refractivity contribution in [2.45, 2.75) is 36.7 Å². The van der Waals surface area contributed by atoms with Gasteiger partial charge in [0.1, 0.15) is 12.2 Å². The van der Waals surface area contributed by atoms with Gasteiger partial charge in [-0.3, -0.25) is 0 Å². The number of amides is 1. The van der Waals surface area contributed by atoms with Gasteiger partial charge in [-0.2, -0.15) is 0 Å². The van der Waals surface area contributed by atoms with E-state index >= 15 is 0 Å². The van der Waals surface area contributed by atoms with E-state index in [2.05, 4.69) is 9.97 Å². The maximum atomic E-state index is 12.3. The Hall–Kier alpha value is -2.72. The molecule has 0 radical (unpaired) electrons. The van der Waals surface area contributed by atoms with Crippen LogP contribution in [0.4, 0.5) is 4.79 Å². The molecule has 4 rings (SSSR count). The summed E-state index contributed by atoms with van der Waals surface area (Å²) in [6.07, 6.45) is 6.65. The van der Waals surface area contributed by atoms with Crippen molar-refractivity contribution in [1.82, 2.24) is 14.9 Å². The standard InChI is InChI=1S/C23H29N3O6S/c1-23(9-12-32-23)16-31-22(27)26-10-7-17(8-11-26)15-30-21-14-24-20(13-25-21)18-3-5-19(6-4-18)33(2,28)29/h3-6,13-14,17H,7-12,15-16H2,1-2H3. The van der Waals surface area contributed by atoms with Gasteiger partial charge in [-0.25, -0.2) is 23.2 Å². The zero-order chi connectivity index (χ0) is 23.5. The summed E-state index contributed by atoms with van der Waals surface area (Å²) in [4.78, 5) is 22.9. The number of rotatable bonds is 7. The summed E-state index contributed by atoms with van der Waals surface area (Å²) in [5.74, 6) is 0.758. The number of aromatic nitrogens is 2. The molecule has 1 aromatic carbocycles. The lowest BCUT2D eigenvalue weighted by atomic mass is 9.98. The number of piperidine rings is 1. The van der Waals surface area contributed by atoms with Crippen LogP contribution in [-0.2, 0) is 19.3 Å². The van der Waals surface area contributed by atoms with Crippen molar-refractivity contribution < 1.29 is 27.4 Å². The quantitative estimate of drug-likeness (QED) is 0.601. The molecule has 33 heavy (non-hydrogen) atoms. The number of benzene rings is 1. The Bertz CT molecular complexity index is 1060. The fourth-order valence-corrected chi connectivity index (χ4v) is 4.40. The van der Waals surface area contributed by atoms with E-state index < -0.39 is 9.84 Å². The summed E-state index contributed by atoms with van der Waals surface area (Å²) in [7, 11) is -3.23. The van der Waals surface area contributed by atoms with Crippen molar-refractivity contribution >= 4 is 15.9 Å². The smallest absolute Gasteiger partial charge is 0.409 e. The van der Waals surface area contributed by atoms with Crippen LogP contribution in [0.2, 0.25) is 0 Å². The number of likely N-dealkylation sites (tertiary alicyclic amines) is 1.